The van der Waals surface area contributed by atoms with Gasteiger partial charge in [-0.3, -0.25) is 0 Å². The Bertz CT molecular complexity index is 715. The SMILES string of the molecule is N/N=C\c1cn(-c2ccccc2)nc1-c1ccccc1. The van der Waals surface area contributed by atoms with Crippen LogP contribution in [0, 0.1) is 0 Å². The largest absolute Gasteiger partial charge is 0.323 e. The maximum atomic E-state index is 5.29. The van der Waals surface area contributed by atoms with Gasteiger partial charge in [0.05, 0.1) is 11.9 Å². The number of nitrogens with zero attached hydrogens (tertiary/aromatic N) is 3. The summed E-state index contributed by atoms with van der Waals surface area (Å²) in [4.78, 5) is 0. The van der Waals surface area contributed by atoms with E-state index in [2.05, 4.69) is 10.2 Å². The van der Waals surface area contributed by atoms with Gasteiger partial charge in [-0.15, -0.1) is 0 Å². The second-order valence-corrected chi connectivity index (χ2v) is 4.36. The third kappa shape index (κ3) is 2.31. The smallest absolute Gasteiger partial charge is 0.102 e. The lowest BCUT2D eigenvalue weighted by Gasteiger charge is -2.00. The van der Waals surface area contributed by atoms with Gasteiger partial charge < -0.3 is 5.84 Å². The maximum Gasteiger partial charge on any atom is 0.102 e. The van der Waals surface area contributed by atoms with Crippen LogP contribution in [0.5, 0.6) is 0 Å². The summed E-state index contributed by atoms with van der Waals surface area (Å²) >= 11 is 0. The number of aromatic nitrogens is 2. The molecule has 1 aromatic heterocycles. The molecule has 0 fully saturated rings. The van der Waals surface area contributed by atoms with E-state index in [1.54, 1.807) is 6.21 Å². The first-order valence-corrected chi connectivity index (χ1v) is 6.32. The molecule has 0 spiro atoms. The molecule has 0 unspecified atom stereocenters. The summed E-state index contributed by atoms with van der Waals surface area (Å²) in [5.74, 6) is 5.29. The monoisotopic (exact) mass is 262 g/mol. The second kappa shape index (κ2) is 5.40. The molecule has 0 atom stereocenters. The quantitative estimate of drug-likeness (QED) is 0.448. The molecule has 20 heavy (non-hydrogen) atoms. The van der Waals surface area contributed by atoms with Crippen molar-refractivity contribution >= 4 is 6.21 Å². The molecule has 0 bridgehead atoms. The lowest BCUT2D eigenvalue weighted by molar-refractivity contribution is 0.884. The number of para-hydroxylation sites is 1. The van der Waals surface area contributed by atoms with Crippen molar-refractivity contribution < 1.29 is 0 Å². The molecule has 98 valence electrons. The number of benzene rings is 2. The summed E-state index contributed by atoms with van der Waals surface area (Å²) < 4.78 is 1.83. The van der Waals surface area contributed by atoms with Crippen LogP contribution in [0.15, 0.2) is 72.0 Å². The van der Waals surface area contributed by atoms with Gasteiger partial charge in [-0.2, -0.15) is 10.2 Å². The van der Waals surface area contributed by atoms with Gasteiger partial charge in [0.1, 0.15) is 5.69 Å². The molecule has 0 aliphatic heterocycles. The van der Waals surface area contributed by atoms with Crippen LogP contribution in [0.25, 0.3) is 16.9 Å². The van der Waals surface area contributed by atoms with Gasteiger partial charge in [0.2, 0.25) is 0 Å². The highest BCUT2D eigenvalue weighted by Gasteiger charge is 2.10. The lowest BCUT2D eigenvalue weighted by atomic mass is 10.1. The Morgan fingerprint density at radius 1 is 0.950 bits per heavy atom. The average molecular weight is 262 g/mol. The van der Waals surface area contributed by atoms with Crippen molar-refractivity contribution in [3.05, 3.63) is 72.4 Å². The zero-order valence-corrected chi connectivity index (χ0v) is 10.8. The predicted molar refractivity (Wildman–Crippen MR) is 80.8 cm³/mol. The van der Waals surface area contributed by atoms with E-state index in [1.807, 2.05) is 71.5 Å². The van der Waals surface area contributed by atoms with Crippen molar-refractivity contribution in [2.45, 2.75) is 0 Å². The molecule has 0 amide bonds. The highest BCUT2D eigenvalue weighted by atomic mass is 15.3. The Balaban J connectivity index is 2.13. The Morgan fingerprint density at radius 3 is 2.25 bits per heavy atom. The van der Waals surface area contributed by atoms with E-state index in [0.29, 0.717) is 0 Å². The first-order valence-electron chi connectivity index (χ1n) is 6.32. The molecule has 0 saturated heterocycles. The highest BCUT2D eigenvalue weighted by molar-refractivity contribution is 5.88. The van der Waals surface area contributed by atoms with Crippen LogP contribution in [0.1, 0.15) is 5.56 Å². The van der Waals surface area contributed by atoms with E-state index in [9.17, 15) is 0 Å². The number of hydrogen-bond donors (Lipinski definition) is 1. The van der Waals surface area contributed by atoms with Crippen molar-refractivity contribution in [1.82, 2.24) is 9.78 Å². The average Bonchev–Trinajstić information content (AvgIpc) is 2.94. The standard InChI is InChI=1S/C16H14N4/c17-18-11-14-12-20(15-9-5-2-6-10-15)19-16(14)13-7-3-1-4-8-13/h1-12H,17H2/b18-11-. The fourth-order valence-electron chi connectivity index (χ4n) is 2.10. The third-order valence-corrected chi connectivity index (χ3v) is 3.02. The summed E-state index contributed by atoms with van der Waals surface area (Å²) in [6.07, 6.45) is 3.54. The zero-order chi connectivity index (χ0) is 13.8. The molecule has 1 heterocycles. The molecule has 4 heteroatoms. The molecule has 3 aromatic rings. The maximum absolute atomic E-state index is 5.29. The molecule has 3 rings (SSSR count). The van der Waals surface area contributed by atoms with Gasteiger partial charge in [0.25, 0.3) is 0 Å². The van der Waals surface area contributed by atoms with Crippen LogP contribution in [-0.2, 0) is 0 Å². The molecule has 2 N–H and O–H groups in total. The minimum Gasteiger partial charge on any atom is -0.323 e. The summed E-state index contributed by atoms with van der Waals surface area (Å²) in [6, 6.07) is 19.9. The lowest BCUT2D eigenvalue weighted by Crippen LogP contribution is -1.93. The van der Waals surface area contributed by atoms with Gasteiger partial charge in [-0.05, 0) is 12.1 Å². The zero-order valence-electron chi connectivity index (χ0n) is 10.8. The van der Waals surface area contributed by atoms with Gasteiger partial charge in [0.15, 0.2) is 0 Å². The second-order valence-electron chi connectivity index (χ2n) is 4.36. The Morgan fingerprint density at radius 2 is 1.60 bits per heavy atom. The minimum absolute atomic E-state index is 0.864. The molecule has 0 aliphatic carbocycles. The number of rotatable bonds is 3. The third-order valence-electron chi connectivity index (χ3n) is 3.02. The van der Waals surface area contributed by atoms with E-state index in [4.69, 9.17) is 5.84 Å². The van der Waals surface area contributed by atoms with Gasteiger partial charge in [-0.1, -0.05) is 48.5 Å². The molecular formula is C16H14N4. The topological polar surface area (TPSA) is 56.2 Å². The predicted octanol–water partition coefficient (Wildman–Crippen LogP) is 2.83. The number of hydrogen-bond acceptors (Lipinski definition) is 3. The molecule has 0 aliphatic rings. The van der Waals surface area contributed by atoms with Gasteiger partial charge in [-0.25, -0.2) is 4.68 Å². The van der Waals surface area contributed by atoms with E-state index in [1.165, 1.54) is 0 Å². The van der Waals surface area contributed by atoms with Crippen LogP contribution in [0.3, 0.4) is 0 Å². The first-order chi connectivity index (χ1) is 9.88. The van der Waals surface area contributed by atoms with Crippen molar-refractivity contribution in [1.29, 1.82) is 0 Å². The Hall–Kier alpha value is -2.88. The number of nitrogens with two attached hydrogens (primary N) is 1. The van der Waals surface area contributed by atoms with Gasteiger partial charge in [0, 0.05) is 17.3 Å². The summed E-state index contributed by atoms with van der Waals surface area (Å²) in [5, 5.41) is 8.26. The summed E-state index contributed by atoms with van der Waals surface area (Å²) in [5.41, 5.74) is 3.80. The summed E-state index contributed by atoms with van der Waals surface area (Å²) in [6.45, 7) is 0. The fraction of sp³-hybridized carbons (Fsp3) is 0. The van der Waals surface area contributed by atoms with Crippen molar-refractivity contribution in [2.24, 2.45) is 10.9 Å². The van der Waals surface area contributed by atoms with Crippen LogP contribution in [0.2, 0.25) is 0 Å². The molecule has 0 saturated carbocycles. The van der Waals surface area contributed by atoms with Crippen LogP contribution in [0.4, 0.5) is 0 Å². The number of hydrazone groups is 1. The minimum atomic E-state index is 0.864. The van der Waals surface area contributed by atoms with Crippen molar-refractivity contribution in [3.8, 4) is 16.9 Å². The summed E-state index contributed by atoms with van der Waals surface area (Å²) in [7, 11) is 0. The van der Waals surface area contributed by atoms with Crippen LogP contribution < -0.4 is 5.84 Å². The normalized spacial score (nSPS) is 11.0. The highest BCUT2D eigenvalue weighted by Crippen LogP contribution is 2.22. The van der Waals surface area contributed by atoms with Crippen LogP contribution >= 0.6 is 0 Å². The van der Waals surface area contributed by atoms with Crippen molar-refractivity contribution in [2.75, 3.05) is 0 Å². The fourth-order valence-corrected chi connectivity index (χ4v) is 2.10. The van der Waals surface area contributed by atoms with Gasteiger partial charge >= 0.3 is 0 Å². The van der Waals surface area contributed by atoms with E-state index in [-0.39, 0.29) is 0 Å². The molecule has 4 nitrogen and oxygen atoms in total. The molecule has 2 aromatic carbocycles. The van der Waals surface area contributed by atoms with E-state index >= 15 is 0 Å². The molecular weight excluding hydrogens is 248 g/mol. The van der Waals surface area contributed by atoms with Crippen LogP contribution in [-0.4, -0.2) is 16.0 Å². The first kappa shape index (κ1) is 12.2. The Labute approximate surface area is 117 Å². The Kier molecular flexibility index (Phi) is 3.29. The van der Waals surface area contributed by atoms with E-state index < -0.39 is 0 Å². The van der Waals surface area contributed by atoms with E-state index in [0.717, 1.165) is 22.5 Å². The molecule has 0 radical (unpaired) electrons. The van der Waals surface area contributed by atoms with Crippen molar-refractivity contribution in [3.63, 3.8) is 0 Å².